The summed E-state index contributed by atoms with van der Waals surface area (Å²) in [6.45, 7) is 1.03. The van der Waals surface area contributed by atoms with Gasteiger partial charge in [0, 0.05) is 24.7 Å². The van der Waals surface area contributed by atoms with Crippen LogP contribution >= 0.6 is 0 Å². The van der Waals surface area contributed by atoms with Crippen LogP contribution in [-0.4, -0.2) is 36.8 Å². The molecule has 0 aromatic rings. The average Bonchev–Trinajstić information content (AvgIpc) is 2.85. The Hall–Kier alpha value is -1.62. The number of carbonyl (C=O) groups is 2. The second kappa shape index (κ2) is 9.46. The third kappa shape index (κ3) is 5.30. The molecule has 1 aliphatic heterocycles. The minimum atomic E-state index is -2.80. The molecule has 5 heteroatoms. The molecule has 162 valence electrons. The Kier molecular flexibility index (Phi) is 3.46. The zero-order valence-corrected chi connectivity index (χ0v) is 16.8. The molecule has 0 spiro atoms. The first-order valence-corrected chi connectivity index (χ1v) is 9.92. The van der Waals surface area contributed by atoms with E-state index in [4.69, 9.17) is 27.4 Å². The van der Waals surface area contributed by atoms with E-state index in [1.165, 1.54) is 13.8 Å². The van der Waals surface area contributed by atoms with Crippen LogP contribution in [0.4, 0.5) is 0 Å². The molecule has 0 aromatic heterocycles. The van der Waals surface area contributed by atoms with Crippen LogP contribution in [-0.2, 0) is 19.1 Å². The summed E-state index contributed by atoms with van der Waals surface area (Å²) in [5.41, 5.74) is -0.258. The number of allylic oxidation sites excluding steroid dienone is 3. The van der Waals surface area contributed by atoms with E-state index in [0.717, 1.165) is 6.92 Å². The molecule has 0 saturated carbocycles. The van der Waals surface area contributed by atoms with Crippen LogP contribution in [0.2, 0.25) is 0 Å². The molecule has 1 heterocycles. The van der Waals surface area contributed by atoms with Gasteiger partial charge in [0.05, 0.1) is 22.5 Å². The van der Waals surface area contributed by atoms with Crippen molar-refractivity contribution in [3.05, 3.63) is 23.7 Å². The second-order valence-electron chi connectivity index (χ2n) is 7.66. The number of hydrogen-bond acceptors (Lipinski definition) is 5. The third-order valence-electron chi connectivity index (χ3n) is 5.49. The fraction of sp³-hybridized carbons (Fsp3) is 0.750. The van der Waals surface area contributed by atoms with Crippen molar-refractivity contribution < 1.29 is 40.6 Å². The van der Waals surface area contributed by atoms with Crippen LogP contribution in [0, 0.1) is 29.5 Å². The van der Waals surface area contributed by atoms with Gasteiger partial charge in [0.2, 0.25) is 1.43 Å². The maximum Gasteiger partial charge on any atom is 0.308 e. The summed E-state index contributed by atoms with van der Waals surface area (Å²) in [5, 5.41) is 4.41. The minimum Gasteiger partial charge on any atom is -0.462 e. The molecule has 5 nitrogen and oxygen atoms in total. The highest BCUT2D eigenvalue weighted by Gasteiger charge is 2.42. The summed E-state index contributed by atoms with van der Waals surface area (Å²) >= 11 is 0. The van der Waals surface area contributed by atoms with E-state index in [2.05, 4.69) is 5.11 Å². The smallest absolute Gasteiger partial charge is 0.308 e. The fourth-order valence-corrected chi connectivity index (χ4v) is 3.91. The van der Waals surface area contributed by atoms with E-state index in [1.807, 2.05) is 0 Å². The quantitative estimate of drug-likeness (QED) is 0.629. The lowest BCUT2D eigenvalue weighted by molar-refractivity contribution is -0.162. The Morgan fingerprint density at radius 3 is 3.10 bits per heavy atom. The molecule has 29 heavy (non-hydrogen) atoms. The number of aliphatic hydroxyl groups excluding tert-OH is 1. The zero-order valence-electron chi connectivity index (χ0n) is 29.8. The van der Waals surface area contributed by atoms with E-state index in [9.17, 15) is 9.59 Å². The average molecular weight is 418 g/mol. The Balaban J connectivity index is 2.12. The molecule has 1 fully saturated rings. The summed E-state index contributed by atoms with van der Waals surface area (Å²) in [5.74, 6) is -11.0. The predicted molar refractivity (Wildman–Crippen MR) is 111 cm³/mol. The number of rotatable bonds is 7. The minimum absolute atomic E-state index is 0.0762. The molecule has 1 saturated heterocycles. The molecular formula is C24H36O5. The number of esters is 2. The highest BCUT2D eigenvalue weighted by molar-refractivity contribution is 5.72. The van der Waals surface area contributed by atoms with Crippen LogP contribution < -0.4 is 0 Å². The molecule has 0 amide bonds. The molecule has 2 aliphatic carbocycles. The number of hydrogen-bond donors (Lipinski definition) is 1. The molecule has 0 aromatic carbocycles. The van der Waals surface area contributed by atoms with Gasteiger partial charge in [-0.15, -0.1) is 0 Å². The number of cyclic esters (lactones) is 1. The molecule has 3 aliphatic rings. The lowest BCUT2D eigenvalue weighted by Gasteiger charge is -2.43. The van der Waals surface area contributed by atoms with E-state index >= 15 is 0 Å². The SMILES string of the molecule is [2H]O[C@@H]1CC(CC[C@@H]2[C@@H]3C(=C([2H])[C@]([2H])(C)C([2H])([2H])C3OC(=O)[C@H](CC)C([2H])([2H])[2H])C([2H])=C([2H])[C@]2([2H])C)OC(=O)C1([2H])[2H]. The second-order valence-corrected chi connectivity index (χ2v) is 7.66. The largest absolute Gasteiger partial charge is 0.462 e. The van der Waals surface area contributed by atoms with Crippen molar-refractivity contribution >= 4 is 11.9 Å². The van der Waals surface area contributed by atoms with Crippen molar-refractivity contribution in [1.82, 2.24) is 0 Å². The molecule has 8 atom stereocenters. The number of carbonyl (C=O) groups excluding carboxylic acids is 2. The molecule has 2 unspecified atom stereocenters. The van der Waals surface area contributed by atoms with E-state index in [1.54, 1.807) is 0 Å². The van der Waals surface area contributed by atoms with Gasteiger partial charge in [-0.05, 0) is 48.9 Å². The van der Waals surface area contributed by atoms with E-state index in [-0.39, 0.29) is 31.3 Å². The maximum absolute atomic E-state index is 13.2. The number of fused-ring (bicyclic) bond motifs is 1. The third-order valence-corrected chi connectivity index (χ3v) is 5.49. The van der Waals surface area contributed by atoms with Gasteiger partial charge < -0.3 is 14.6 Å². The molecule has 0 bridgehead atoms. The van der Waals surface area contributed by atoms with E-state index in [0.29, 0.717) is 0 Å². The van der Waals surface area contributed by atoms with Gasteiger partial charge >= 0.3 is 11.9 Å². The Bertz CT molecular complexity index is 1160. The van der Waals surface area contributed by atoms with Crippen LogP contribution in [0.5, 0.6) is 0 Å². The summed E-state index contributed by atoms with van der Waals surface area (Å²) < 4.78 is 118. The molecule has 0 radical (unpaired) electrons. The van der Waals surface area contributed by atoms with Crippen LogP contribution in [0.25, 0.3) is 0 Å². The first-order valence-electron chi connectivity index (χ1n) is 16.3. The predicted octanol–water partition coefficient (Wildman–Crippen LogP) is 4.20. The maximum atomic E-state index is 13.2. The normalized spacial score (nSPS) is 54.4. The highest BCUT2D eigenvalue weighted by Crippen LogP contribution is 2.45. The number of aliphatic hydroxyl groups is 1. The van der Waals surface area contributed by atoms with Gasteiger partial charge in [-0.2, -0.15) is 0 Å². The van der Waals surface area contributed by atoms with Crippen molar-refractivity contribution in [3.63, 3.8) is 0 Å². The van der Waals surface area contributed by atoms with Gasteiger partial charge in [0.15, 0.2) is 0 Å². The van der Waals surface area contributed by atoms with Crippen molar-refractivity contribution in [2.45, 2.75) is 84.4 Å². The van der Waals surface area contributed by atoms with Gasteiger partial charge in [-0.3, -0.25) is 9.59 Å². The topological polar surface area (TPSA) is 72.8 Å². The van der Waals surface area contributed by atoms with Crippen LogP contribution in [0.3, 0.4) is 0 Å². The van der Waals surface area contributed by atoms with Crippen molar-refractivity contribution in [1.29, 1.82) is 1.43 Å². The summed E-state index contributed by atoms with van der Waals surface area (Å²) in [7, 11) is 0. The molecule has 3 rings (SSSR count). The monoisotopic (exact) mass is 417 g/mol. The molecular weight excluding hydrogens is 368 g/mol. The first kappa shape index (κ1) is 10.6. The Labute approximate surface area is 192 Å². The summed E-state index contributed by atoms with van der Waals surface area (Å²) in [4.78, 5) is 25.5. The lowest BCUT2D eigenvalue weighted by Crippen LogP contribution is -2.42. The standard InChI is InChI=1S/C24H36O5/c1-5-15(3)24(27)29-21-11-14(2)10-17-7-6-16(4)20(23(17)21)9-8-19-12-18(25)13-22(26)28-19/h6-7,10,14-16,18-21,23,25H,5,8-9,11-13H2,1-4H3/t14-,15-,16-,18+,19?,20-,21?,23-/m0/s1/i3D3,6D,7D,10D,11D2,13D2,14D,16D,25D. The zero-order chi connectivity index (χ0) is 32.4. The van der Waals surface area contributed by atoms with Crippen molar-refractivity contribution in [2.75, 3.05) is 0 Å². The molecule has 1 N–H and O–H groups in total. The fourth-order valence-electron chi connectivity index (χ4n) is 3.91. The van der Waals surface area contributed by atoms with E-state index < -0.39 is 97.5 Å². The van der Waals surface area contributed by atoms with Gasteiger partial charge in [0.1, 0.15) is 12.2 Å². The van der Waals surface area contributed by atoms with Gasteiger partial charge in [-0.1, -0.05) is 45.8 Å². The summed E-state index contributed by atoms with van der Waals surface area (Å²) in [6.07, 6.45) is -10.3. The Morgan fingerprint density at radius 1 is 1.55 bits per heavy atom. The van der Waals surface area contributed by atoms with Crippen LogP contribution in [0.15, 0.2) is 23.7 Å². The highest BCUT2D eigenvalue weighted by atomic mass is 16.5. The first-order chi connectivity index (χ1) is 19.0. The Morgan fingerprint density at radius 2 is 2.38 bits per heavy atom. The number of ether oxygens (including phenoxy) is 2. The summed E-state index contributed by atoms with van der Waals surface area (Å²) in [6, 6.07) is -1.75. The van der Waals surface area contributed by atoms with Crippen molar-refractivity contribution in [3.8, 4) is 0 Å². The van der Waals surface area contributed by atoms with Gasteiger partial charge in [0.25, 0.3) is 0 Å². The van der Waals surface area contributed by atoms with Crippen LogP contribution in [0.1, 0.15) is 82.5 Å². The van der Waals surface area contributed by atoms with Crippen molar-refractivity contribution in [2.24, 2.45) is 29.5 Å². The lowest BCUT2D eigenvalue weighted by atomic mass is 9.65. The van der Waals surface area contributed by atoms with Gasteiger partial charge in [-0.25, -0.2) is 0 Å².